The molecule has 0 bridgehead atoms. The number of carbonyl (C=O) groups is 2. The second-order valence-electron chi connectivity index (χ2n) is 6.60. The SMILES string of the molecule is CCCc1c(C(=O)O)nnn1-c1ccc(C(=O)NC(C)(C)C)cc1. The molecule has 0 aliphatic heterocycles. The Bertz CT molecular complexity index is 742. The van der Waals surface area contributed by atoms with Gasteiger partial charge in [-0.05, 0) is 51.5 Å². The largest absolute Gasteiger partial charge is 0.476 e. The predicted octanol–water partition coefficient (Wildman–Crippen LogP) is 2.45. The second kappa shape index (κ2) is 6.82. The minimum Gasteiger partial charge on any atom is -0.476 e. The summed E-state index contributed by atoms with van der Waals surface area (Å²) in [5.41, 5.74) is 1.41. The third kappa shape index (κ3) is 3.98. The van der Waals surface area contributed by atoms with Crippen molar-refractivity contribution in [3.05, 3.63) is 41.2 Å². The first-order chi connectivity index (χ1) is 11.2. The highest BCUT2D eigenvalue weighted by molar-refractivity contribution is 5.94. The van der Waals surface area contributed by atoms with Gasteiger partial charge < -0.3 is 10.4 Å². The molecule has 0 saturated carbocycles. The molecule has 2 N–H and O–H groups in total. The maximum absolute atomic E-state index is 12.1. The third-order valence-electron chi connectivity index (χ3n) is 3.32. The van der Waals surface area contributed by atoms with Gasteiger partial charge in [-0.2, -0.15) is 0 Å². The minimum absolute atomic E-state index is 0.0357. The zero-order chi connectivity index (χ0) is 17.9. The van der Waals surface area contributed by atoms with Crippen LogP contribution >= 0.6 is 0 Å². The lowest BCUT2D eigenvalue weighted by Crippen LogP contribution is -2.40. The Morgan fingerprint density at radius 3 is 2.33 bits per heavy atom. The standard InChI is InChI=1S/C17H22N4O3/c1-5-6-13-14(16(23)24)19-20-21(13)12-9-7-11(8-10-12)15(22)18-17(2,3)4/h7-10H,5-6H2,1-4H3,(H,18,22)(H,23,24). The number of carbonyl (C=O) groups excluding carboxylic acids is 1. The van der Waals surface area contributed by atoms with Crippen molar-refractivity contribution in [1.29, 1.82) is 0 Å². The fraction of sp³-hybridized carbons (Fsp3) is 0.412. The van der Waals surface area contributed by atoms with Crippen molar-refractivity contribution in [2.24, 2.45) is 0 Å². The fourth-order valence-corrected chi connectivity index (χ4v) is 2.30. The predicted molar refractivity (Wildman–Crippen MR) is 89.5 cm³/mol. The normalized spacial score (nSPS) is 11.3. The van der Waals surface area contributed by atoms with Gasteiger partial charge in [-0.1, -0.05) is 18.6 Å². The average Bonchev–Trinajstić information content (AvgIpc) is 2.90. The highest BCUT2D eigenvalue weighted by Crippen LogP contribution is 2.16. The van der Waals surface area contributed by atoms with Crippen LogP contribution in [0, 0.1) is 0 Å². The number of carboxylic acid groups (broad SMARTS) is 1. The molecule has 2 aromatic rings. The Hall–Kier alpha value is -2.70. The Kier molecular flexibility index (Phi) is 5.02. The molecule has 0 atom stereocenters. The Morgan fingerprint density at radius 2 is 1.83 bits per heavy atom. The molecule has 1 aromatic heterocycles. The molecular formula is C17H22N4O3. The van der Waals surface area contributed by atoms with Crippen molar-refractivity contribution in [2.75, 3.05) is 0 Å². The van der Waals surface area contributed by atoms with E-state index in [-0.39, 0.29) is 17.1 Å². The summed E-state index contributed by atoms with van der Waals surface area (Å²) < 4.78 is 1.51. The molecule has 0 unspecified atom stereocenters. The molecule has 1 heterocycles. The van der Waals surface area contributed by atoms with E-state index in [0.717, 1.165) is 6.42 Å². The maximum atomic E-state index is 12.1. The number of hydrogen-bond acceptors (Lipinski definition) is 4. The molecule has 1 amide bonds. The molecule has 128 valence electrons. The van der Waals surface area contributed by atoms with Gasteiger partial charge in [-0.3, -0.25) is 4.79 Å². The zero-order valence-electron chi connectivity index (χ0n) is 14.3. The molecular weight excluding hydrogens is 308 g/mol. The maximum Gasteiger partial charge on any atom is 0.358 e. The lowest BCUT2D eigenvalue weighted by atomic mass is 10.1. The number of aromatic carboxylic acids is 1. The van der Waals surface area contributed by atoms with E-state index in [4.69, 9.17) is 0 Å². The van der Waals surface area contributed by atoms with Gasteiger partial charge in [0.05, 0.1) is 11.4 Å². The number of carboxylic acids is 1. The van der Waals surface area contributed by atoms with Gasteiger partial charge in [0.25, 0.3) is 5.91 Å². The quantitative estimate of drug-likeness (QED) is 0.877. The number of aromatic nitrogens is 3. The minimum atomic E-state index is -1.09. The smallest absolute Gasteiger partial charge is 0.358 e. The van der Waals surface area contributed by atoms with Crippen molar-refractivity contribution >= 4 is 11.9 Å². The summed E-state index contributed by atoms with van der Waals surface area (Å²) in [6.07, 6.45) is 1.33. The monoisotopic (exact) mass is 330 g/mol. The Morgan fingerprint density at radius 1 is 1.21 bits per heavy atom. The summed E-state index contributed by atoms with van der Waals surface area (Å²) >= 11 is 0. The van der Waals surface area contributed by atoms with Crippen LogP contribution < -0.4 is 5.32 Å². The van der Waals surface area contributed by atoms with Crippen LogP contribution in [0.2, 0.25) is 0 Å². The van der Waals surface area contributed by atoms with Crippen LogP contribution in [-0.2, 0) is 6.42 Å². The molecule has 0 spiro atoms. The first-order valence-electron chi connectivity index (χ1n) is 7.83. The van der Waals surface area contributed by atoms with Gasteiger partial charge in [0.15, 0.2) is 5.69 Å². The number of rotatable bonds is 5. The Labute approximate surface area is 140 Å². The topological polar surface area (TPSA) is 97.1 Å². The van der Waals surface area contributed by atoms with Crippen LogP contribution in [0.4, 0.5) is 0 Å². The van der Waals surface area contributed by atoms with Gasteiger partial charge in [0, 0.05) is 11.1 Å². The van der Waals surface area contributed by atoms with Crippen molar-refractivity contribution < 1.29 is 14.7 Å². The van der Waals surface area contributed by atoms with Gasteiger partial charge in [-0.25, -0.2) is 9.48 Å². The molecule has 2 rings (SSSR count). The summed E-state index contributed by atoms with van der Waals surface area (Å²) in [6, 6.07) is 6.84. The van der Waals surface area contributed by atoms with Crippen LogP contribution in [0.15, 0.2) is 24.3 Å². The van der Waals surface area contributed by atoms with E-state index in [1.54, 1.807) is 24.3 Å². The number of nitrogens with zero attached hydrogens (tertiary/aromatic N) is 3. The summed E-state index contributed by atoms with van der Waals surface area (Å²) in [5, 5.41) is 19.8. The Balaban J connectivity index is 2.31. The van der Waals surface area contributed by atoms with Crippen LogP contribution in [0.1, 0.15) is 60.7 Å². The zero-order valence-corrected chi connectivity index (χ0v) is 14.3. The molecule has 7 heteroatoms. The molecule has 0 aliphatic carbocycles. The first kappa shape index (κ1) is 17.7. The molecule has 0 radical (unpaired) electrons. The van der Waals surface area contributed by atoms with Crippen molar-refractivity contribution in [3.63, 3.8) is 0 Å². The first-order valence-corrected chi connectivity index (χ1v) is 7.83. The number of amides is 1. The third-order valence-corrected chi connectivity index (χ3v) is 3.32. The molecule has 1 aromatic carbocycles. The van der Waals surface area contributed by atoms with Gasteiger partial charge >= 0.3 is 5.97 Å². The second-order valence-corrected chi connectivity index (χ2v) is 6.60. The van der Waals surface area contributed by atoms with Crippen LogP contribution in [-0.4, -0.2) is 37.5 Å². The number of benzene rings is 1. The van der Waals surface area contributed by atoms with Gasteiger partial charge in [0.2, 0.25) is 0 Å². The summed E-state index contributed by atoms with van der Waals surface area (Å²) in [7, 11) is 0. The molecule has 0 fully saturated rings. The van der Waals surface area contributed by atoms with E-state index in [2.05, 4.69) is 15.6 Å². The molecule has 0 aliphatic rings. The van der Waals surface area contributed by atoms with Gasteiger partial charge in [-0.15, -0.1) is 5.10 Å². The summed E-state index contributed by atoms with van der Waals surface area (Å²) in [4.78, 5) is 23.4. The van der Waals surface area contributed by atoms with E-state index in [1.165, 1.54) is 4.68 Å². The van der Waals surface area contributed by atoms with Crippen molar-refractivity contribution in [1.82, 2.24) is 20.3 Å². The summed E-state index contributed by atoms with van der Waals surface area (Å²) in [5.74, 6) is -1.25. The van der Waals surface area contributed by atoms with Crippen LogP contribution in [0.5, 0.6) is 0 Å². The lowest BCUT2D eigenvalue weighted by molar-refractivity contribution is 0.0688. The van der Waals surface area contributed by atoms with E-state index in [9.17, 15) is 14.7 Å². The van der Waals surface area contributed by atoms with Crippen LogP contribution in [0.3, 0.4) is 0 Å². The fourth-order valence-electron chi connectivity index (χ4n) is 2.30. The molecule has 7 nitrogen and oxygen atoms in total. The van der Waals surface area contributed by atoms with Crippen molar-refractivity contribution in [2.45, 2.75) is 46.1 Å². The van der Waals surface area contributed by atoms with E-state index in [1.807, 2.05) is 27.7 Å². The van der Waals surface area contributed by atoms with E-state index in [0.29, 0.717) is 23.4 Å². The summed E-state index contributed by atoms with van der Waals surface area (Å²) in [6.45, 7) is 7.71. The van der Waals surface area contributed by atoms with E-state index < -0.39 is 5.97 Å². The number of hydrogen-bond donors (Lipinski definition) is 2. The van der Waals surface area contributed by atoms with Crippen molar-refractivity contribution in [3.8, 4) is 5.69 Å². The lowest BCUT2D eigenvalue weighted by Gasteiger charge is -2.20. The highest BCUT2D eigenvalue weighted by Gasteiger charge is 2.20. The van der Waals surface area contributed by atoms with Crippen LogP contribution in [0.25, 0.3) is 5.69 Å². The average molecular weight is 330 g/mol. The van der Waals surface area contributed by atoms with E-state index >= 15 is 0 Å². The van der Waals surface area contributed by atoms with Gasteiger partial charge in [0.1, 0.15) is 0 Å². The highest BCUT2D eigenvalue weighted by atomic mass is 16.4. The molecule has 24 heavy (non-hydrogen) atoms. The number of nitrogens with one attached hydrogen (secondary N) is 1. The molecule has 0 saturated heterocycles.